The lowest BCUT2D eigenvalue weighted by atomic mass is 10.2. The molecule has 106 valence electrons. The van der Waals surface area contributed by atoms with Gasteiger partial charge in [0.05, 0.1) is 10.6 Å². The van der Waals surface area contributed by atoms with E-state index in [1.807, 2.05) is 19.1 Å². The van der Waals surface area contributed by atoms with E-state index in [9.17, 15) is 8.42 Å². The van der Waals surface area contributed by atoms with Crippen LogP contribution in [0.2, 0.25) is 0 Å². The highest BCUT2D eigenvalue weighted by molar-refractivity contribution is 9.11. The largest absolute Gasteiger partial charge is 0.384 e. The molecule has 0 aliphatic rings. The summed E-state index contributed by atoms with van der Waals surface area (Å²) in [5.74, 6) is 0.148. The number of nitrogens with one attached hydrogen (secondary N) is 1. The predicted octanol–water partition coefficient (Wildman–Crippen LogP) is 3.30. The Morgan fingerprint density at radius 3 is 2.35 bits per heavy atom. The number of nitrogens with two attached hydrogens (primary N) is 1. The minimum atomic E-state index is -3.72. The predicted molar refractivity (Wildman–Crippen MR) is 86.0 cm³/mol. The highest BCUT2D eigenvalue weighted by Gasteiger charge is 2.18. The quantitative estimate of drug-likeness (QED) is 0.797. The molecule has 0 unspecified atom stereocenters. The Kier molecular flexibility index (Phi) is 4.36. The van der Waals surface area contributed by atoms with Crippen molar-refractivity contribution in [2.45, 2.75) is 11.8 Å². The van der Waals surface area contributed by atoms with Crippen LogP contribution in [0.5, 0.6) is 0 Å². The molecule has 0 aliphatic heterocycles. The average molecular weight is 421 g/mol. The lowest BCUT2D eigenvalue weighted by Gasteiger charge is -2.12. The molecule has 0 bridgehead atoms. The molecule has 0 spiro atoms. The van der Waals surface area contributed by atoms with Crippen molar-refractivity contribution in [2.75, 3.05) is 10.5 Å². The third-order valence-corrected chi connectivity index (χ3v) is 5.08. The maximum Gasteiger partial charge on any atom is 0.262 e. The van der Waals surface area contributed by atoms with Crippen molar-refractivity contribution < 1.29 is 8.42 Å². The van der Waals surface area contributed by atoms with Crippen LogP contribution in [-0.4, -0.2) is 13.4 Å². The Hall–Kier alpha value is -1.12. The van der Waals surface area contributed by atoms with Crippen LogP contribution < -0.4 is 10.5 Å². The van der Waals surface area contributed by atoms with Gasteiger partial charge in [-0.2, -0.15) is 0 Å². The zero-order valence-corrected chi connectivity index (χ0v) is 14.4. The average Bonchev–Trinajstić information content (AvgIpc) is 2.34. The van der Waals surface area contributed by atoms with Crippen molar-refractivity contribution in [3.8, 4) is 0 Å². The van der Waals surface area contributed by atoms with Crippen molar-refractivity contribution in [3.05, 3.63) is 45.0 Å². The fourth-order valence-corrected chi connectivity index (χ4v) is 4.58. The van der Waals surface area contributed by atoms with Gasteiger partial charge in [-0.1, -0.05) is 0 Å². The zero-order chi connectivity index (χ0) is 14.9. The second kappa shape index (κ2) is 5.71. The van der Waals surface area contributed by atoms with E-state index >= 15 is 0 Å². The van der Waals surface area contributed by atoms with Gasteiger partial charge in [-0.15, -0.1) is 0 Å². The Bertz CT molecular complexity index is 740. The summed E-state index contributed by atoms with van der Waals surface area (Å²) in [6.07, 6.45) is 1.35. The molecule has 1 heterocycles. The van der Waals surface area contributed by atoms with Crippen LogP contribution in [0.3, 0.4) is 0 Å². The van der Waals surface area contributed by atoms with Crippen LogP contribution in [0.1, 0.15) is 5.56 Å². The highest BCUT2D eigenvalue weighted by atomic mass is 79.9. The second-order valence-electron chi connectivity index (χ2n) is 4.13. The molecule has 0 aliphatic carbocycles. The molecule has 0 fully saturated rings. The number of sulfonamides is 1. The van der Waals surface area contributed by atoms with Crippen molar-refractivity contribution >= 4 is 53.4 Å². The standard InChI is InChI=1S/C12H11Br2N3O2S/c1-7-4-9(13)12(10(14)5-7)17-20(18,19)8-2-3-16-11(15)6-8/h2-6,17H,1H3,(H2,15,16). The molecule has 0 amide bonds. The highest BCUT2D eigenvalue weighted by Crippen LogP contribution is 2.33. The first-order valence-electron chi connectivity index (χ1n) is 5.49. The number of pyridine rings is 1. The third-order valence-electron chi connectivity index (χ3n) is 2.49. The van der Waals surface area contributed by atoms with Gasteiger partial charge in [-0.25, -0.2) is 13.4 Å². The molecule has 8 heteroatoms. The topological polar surface area (TPSA) is 85.1 Å². The third kappa shape index (κ3) is 3.31. The van der Waals surface area contributed by atoms with Crippen LogP contribution >= 0.6 is 31.9 Å². The van der Waals surface area contributed by atoms with Gasteiger partial charge in [0.2, 0.25) is 0 Å². The molecule has 5 nitrogen and oxygen atoms in total. The Labute approximate surface area is 133 Å². The number of aryl methyl sites for hydroxylation is 1. The number of hydrogen-bond acceptors (Lipinski definition) is 4. The fourth-order valence-electron chi connectivity index (χ4n) is 1.59. The maximum atomic E-state index is 12.3. The Balaban J connectivity index is 2.44. The van der Waals surface area contributed by atoms with Crippen LogP contribution in [0.4, 0.5) is 11.5 Å². The lowest BCUT2D eigenvalue weighted by molar-refractivity contribution is 0.601. The molecule has 1 aromatic heterocycles. The molecule has 2 aromatic rings. The van der Waals surface area contributed by atoms with E-state index in [0.717, 1.165) is 5.56 Å². The smallest absolute Gasteiger partial charge is 0.262 e. The number of aromatic nitrogens is 1. The van der Waals surface area contributed by atoms with Crippen LogP contribution in [0.25, 0.3) is 0 Å². The van der Waals surface area contributed by atoms with Gasteiger partial charge in [0, 0.05) is 21.2 Å². The molecule has 0 saturated carbocycles. The first-order chi connectivity index (χ1) is 9.29. The summed E-state index contributed by atoms with van der Waals surface area (Å²) in [6, 6.07) is 6.33. The van der Waals surface area contributed by atoms with Crippen molar-refractivity contribution in [1.29, 1.82) is 0 Å². The number of benzene rings is 1. The van der Waals surface area contributed by atoms with E-state index in [0.29, 0.717) is 14.6 Å². The maximum absolute atomic E-state index is 12.3. The minimum absolute atomic E-state index is 0.0596. The van der Waals surface area contributed by atoms with Gasteiger partial charge in [-0.05, 0) is 62.5 Å². The summed E-state index contributed by atoms with van der Waals surface area (Å²) in [7, 11) is -3.72. The van der Waals surface area contributed by atoms with Crippen molar-refractivity contribution in [2.24, 2.45) is 0 Å². The summed E-state index contributed by atoms with van der Waals surface area (Å²) < 4.78 is 28.4. The molecule has 3 N–H and O–H groups in total. The van der Waals surface area contributed by atoms with Gasteiger partial charge < -0.3 is 5.73 Å². The van der Waals surface area contributed by atoms with Crippen molar-refractivity contribution in [3.63, 3.8) is 0 Å². The van der Waals surface area contributed by atoms with Gasteiger partial charge in [0.1, 0.15) is 5.82 Å². The van der Waals surface area contributed by atoms with Crippen molar-refractivity contribution in [1.82, 2.24) is 4.98 Å². The van der Waals surface area contributed by atoms with Crippen LogP contribution in [0, 0.1) is 6.92 Å². The van der Waals surface area contributed by atoms with Crippen LogP contribution in [0.15, 0.2) is 44.3 Å². The number of halogens is 2. The van der Waals surface area contributed by atoms with Gasteiger partial charge in [0.15, 0.2) is 0 Å². The summed E-state index contributed by atoms with van der Waals surface area (Å²) >= 11 is 6.69. The number of nitrogens with zero attached hydrogens (tertiary/aromatic N) is 1. The summed E-state index contributed by atoms with van der Waals surface area (Å²) in [6.45, 7) is 1.91. The molecule has 0 saturated heterocycles. The fraction of sp³-hybridized carbons (Fsp3) is 0.0833. The van der Waals surface area contributed by atoms with E-state index in [-0.39, 0.29) is 10.7 Å². The first-order valence-corrected chi connectivity index (χ1v) is 8.56. The summed E-state index contributed by atoms with van der Waals surface area (Å²) in [5.41, 5.74) is 6.94. The molecular weight excluding hydrogens is 410 g/mol. The van der Waals surface area contributed by atoms with E-state index < -0.39 is 10.0 Å². The minimum Gasteiger partial charge on any atom is -0.384 e. The van der Waals surface area contributed by atoms with Crippen LogP contribution in [-0.2, 0) is 10.0 Å². The van der Waals surface area contributed by atoms with E-state index in [2.05, 4.69) is 41.6 Å². The number of anilines is 2. The SMILES string of the molecule is Cc1cc(Br)c(NS(=O)(=O)c2ccnc(N)c2)c(Br)c1. The van der Waals surface area contributed by atoms with Gasteiger partial charge >= 0.3 is 0 Å². The lowest BCUT2D eigenvalue weighted by Crippen LogP contribution is -2.14. The van der Waals surface area contributed by atoms with Gasteiger partial charge in [-0.3, -0.25) is 4.72 Å². The molecule has 1 aromatic carbocycles. The summed E-state index contributed by atoms with van der Waals surface area (Å²) in [5, 5.41) is 0. The zero-order valence-electron chi connectivity index (χ0n) is 10.4. The molecule has 0 atom stereocenters. The second-order valence-corrected chi connectivity index (χ2v) is 7.52. The molecule has 20 heavy (non-hydrogen) atoms. The number of hydrogen-bond donors (Lipinski definition) is 2. The monoisotopic (exact) mass is 419 g/mol. The molecular formula is C12H11Br2N3O2S. The number of rotatable bonds is 3. The van der Waals surface area contributed by atoms with E-state index in [4.69, 9.17) is 5.73 Å². The molecule has 2 rings (SSSR count). The number of nitrogen functional groups attached to an aromatic ring is 1. The Morgan fingerprint density at radius 1 is 1.20 bits per heavy atom. The Morgan fingerprint density at radius 2 is 1.80 bits per heavy atom. The molecule has 0 radical (unpaired) electrons. The van der Waals surface area contributed by atoms with E-state index in [1.54, 1.807) is 0 Å². The van der Waals surface area contributed by atoms with Gasteiger partial charge in [0.25, 0.3) is 10.0 Å². The van der Waals surface area contributed by atoms with E-state index in [1.165, 1.54) is 18.3 Å². The first kappa shape index (κ1) is 15.3. The normalized spacial score (nSPS) is 11.3. The summed E-state index contributed by atoms with van der Waals surface area (Å²) in [4.78, 5) is 3.83.